The van der Waals surface area contributed by atoms with Gasteiger partial charge in [0.2, 0.25) is 0 Å². The van der Waals surface area contributed by atoms with Gasteiger partial charge in [-0.3, -0.25) is 4.68 Å². The van der Waals surface area contributed by atoms with Gasteiger partial charge in [-0.15, -0.1) is 0 Å². The molecule has 0 spiro atoms. The first kappa shape index (κ1) is 20.4. The van der Waals surface area contributed by atoms with Gasteiger partial charge >= 0.3 is 6.18 Å². The average molecular weight is 445 g/mol. The number of aryl methyl sites for hydroxylation is 3. The topological polar surface area (TPSA) is 64.1 Å². The van der Waals surface area contributed by atoms with Gasteiger partial charge in [0, 0.05) is 18.2 Å². The molecule has 3 aromatic heterocycles. The van der Waals surface area contributed by atoms with Crippen molar-refractivity contribution in [3.63, 3.8) is 0 Å². The van der Waals surface area contributed by atoms with E-state index in [0.29, 0.717) is 45.2 Å². The number of aromatic nitrogens is 6. The van der Waals surface area contributed by atoms with Crippen molar-refractivity contribution in [2.45, 2.75) is 26.2 Å². The molecular formula is C21H19F4N7. The predicted octanol–water partition coefficient (Wildman–Crippen LogP) is 3.99. The van der Waals surface area contributed by atoms with Crippen LogP contribution in [0.15, 0.2) is 30.7 Å². The van der Waals surface area contributed by atoms with E-state index >= 15 is 0 Å². The van der Waals surface area contributed by atoms with Gasteiger partial charge in [0.25, 0.3) is 0 Å². The first-order chi connectivity index (χ1) is 15.1. The highest BCUT2D eigenvalue weighted by Crippen LogP contribution is 2.39. The Labute approximate surface area is 180 Å². The second-order valence-corrected chi connectivity index (χ2v) is 7.91. The number of anilines is 1. The van der Waals surface area contributed by atoms with E-state index in [2.05, 4.69) is 20.2 Å². The maximum atomic E-state index is 13.5. The Morgan fingerprint density at radius 3 is 2.47 bits per heavy atom. The Balaban J connectivity index is 1.71. The molecule has 7 nitrogen and oxygen atoms in total. The second kappa shape index (κ2) is 7.01. The third-order valence-electron chi connectivity index (χ3n) is 5.71. The monoisotopic (exact) mass is 445 g/mol. The third kappa shape index (κ3) is 3.10. The molecule has 0 atom stereocenters. The summed E-state index contributed by atoms with van der Waals surface area (Å²) in [6.07, 6.45) is -2.32. The van der Waals surface area contributed by atoms with Crippen LogP contribution < -0.4 is 4.90 Å². The molecule has 1 aromatic carbocycles. The Bertz CT molecular complexity index is 1330. The molecule has 11 heteroatoms. The van der Waals surface area contributed by atoms with Crippen LogP contribution in [0.25, 0.3) is 28.0 Å². The molecule has 0 bridgehead atoms. The molecule has 4 aromatic rings. The summed E-state index contributed by atoms with van der Waals surface area (Å²) in [5.74, 6) is 1.17. The molecular weight excluding hydrogens is 426 g/mol. The van der Waals surface area contributed by atoms with Crippen LogP contribution in [-0.2, 0) is 13.2 Å². The zero-order valence-corrected chi connectivity index (χ0v) is 17.5. The fourth-order valence-electron chi connectivity index (χ4n) is 4.11. The van der Waals surface area contributed by atoms with E-state index in [1.54, 1.807) is 36.3 Å². The van der Waals surface area contributed by atoms with E-state index in [1.807, 2.05) is 4.90 Å². The molecule has 32 heavy (non-hydrogen) atoms. The highest BCUT2D eigenvalue weighted by atomic mass is 19.4. The lowest BCUT2D eigenvalue weighted by Crippen LogP contribution is -2.49. The molecule has 0 aliphatic carbocycles. The summed E-state index contributed by atoms with van der Waals surface area (Å²) in [4.78, 5) is 10.8. The van der Waals surface area contributed by atoms with Gasteiger partial charge in [-0.1, -0.05) is 6.07 Å². The van der Waals surface area contributed by atoms with Crippen LogP contribution in [0, 0.1) is 13.8 Å². The van der Waals surface area contributed by atoms with E-state index in [1.165, 1.54) is 12.4 Å². The van der Waals surface area contributed by atoms with Crippen molar-refractivity contribution < 1.29 is 17.6 Å². The lowest BCUT2D eigenvalue weighted by atomic mass is 9.98. The van der Waals surface area contributed by atoms with Gasteiger partial charge in [-0.2, -0.15) is 23.4 Å². The molecule has 166 valence electrons. The number of rotatable bonds is 3. The summed E-state index contributed by atoms with van der Waals surface area (Å²) in [6, 6.07) is 3.63. The molecule has 1 saturated heterocycles. The van der Waals surface area contributed by atoms with Crippen molar-refractivity contribution in [2.75, 3.05) is 18.0 Å². The van der Waals surface area contributed by atoms with Gasteiger partial charge in [0.1, 0.15) is 29.5 Å². The standard InChI is InChI=1S/C21H19F4N7/c1-11-6-13(21(23,24)25)4-5-15(11)18-16(7-27-30(18)3)17-19-20(31-8-14(22)9-31)26-10-28-32(19)12(2)29-17/h4-7,10,14H,8-9H2,1-3H3. The molecule has 4 heterocycles. The molecule has 1 aliphatic rings. The molecule has 1 fully saturated rings. The molecule has 0 N–H and O–H groups in total. The Morgan fingerprint density at radius 1 is 1.06 bits per heavy atom. The van der Waals surface area contributed by atoms with Crippen LogP contribution in [0.5, 0.6) is 0 Å². The van der Waals surface area contributed by atoms with Crippen LogP contribution >= 0.6 is 0 Å². The van der Waals surface area contributed by atoms with Crippen molar-refractivity contribution in [2.24, 2.45) is 7.05 Å². The zero-order valence-electron chi connectivity index (χ0n) is 17.5. The summed E-state index contributed by atoms with van der Waals surface area (Å²) >= 11 is 0. The van der Waals surface area contributed by atoms with Gasteiger partial charge in [-0.25, -0.2) is 18.9 Å². The van der Waals surface area contributed by atoms with Gasteiger partial charge < -0.3 is 4.90 Å². The number of alkyl halides is 4. The van der Waals surface area contributed by atoms with Crippen LogP contribution in [0.4, 0.5) is 23.4 Å². The molecule has 1 aliphatic heterocycles. The zero-order chi connectivity index (χ0) is 22.8. The first-order valence-corrected chi connectivity index (χ1v) is 9.95. The minimum atomic E-state index is -4.42. The lowest BCUT2D eigenvalue weighted by molar-refractivity contribution is -0.137. The van der Waals surface area contributed by atoms with Crippen molar-refractivity contribution in [3.8, 4) is 22.5 Å². The number of hydrogen-bond acceptors (Lipinski definition) is 5. The van der Waals surface area contributed by atoms with Crippen molar-refractivity contribution in [1.29, 1.82) is 0 Å². The minimum Gasteiger partial charge on any atom is -0.349 e. The Kier molecular flexibility index (Phi) is 4.47. The van der Waals surface area contributed by atoms with Crippen LogP contribution in [0.2, 0.25) is 0 Å². The lowest BCUT2D eigenvalue weighted by Gasteiger charge is -2.35. The minimum absolute atomic E-state index is 0.230. The molecule has 5 rings (SSSR count). The number of nitrogens with zero attached hydrogens (tertiary/aromatic N) is 7. The van der Waals surface area contributed by atoms with Crippen LogP contribution in [0.1, 0.15) is 17.0 Å². The average Bonchev–Trinajstić information content (AvgIpc) is 3.25. The normalized spacial score (nSPS) is 14.9. The Hall–Kier alpha value is -3.50. The van der Waals surface area contributed by atoms with Gasteiger partial charge in [-0.05, 0) is 31.5 Å². The van der Waals surface area contributed by atoms with Gasteiger partial charge in [0.05, 0.1) is 30.5 Å². The van der Waals surface area contributed by atoms with E-state index in [0.717, 1.165) is 12.1 Å². The fraction of sp³-hybridized carbons (Fsp3) is 0.333. The number of benzene rings is 1. The van der Waals surface area contributed by atoms with Gasteiger partial charge in [0.15, 0.2) is 5.82 Å². The molecule has 0 saturated carbocycles. The molecule has 0 radical (unpaired) electrons. The van der Waals surface area contributed by atoms with E-state index < -0.39 is 17.9 Å². The number of halogens is 4. The maximum absolute atomic E-state index is 13.5. The maximum Gasteiger partial charge on any atom is 0.416 e. The van der Waals surface area contributed by atoms with Crippen molar-refractivity contribution in [1.82, 2.24) is 29.4 Å². The van der Waals surface area contributed by atoms with E-state index in [4.69, 9.17) is 0 Å². The van der Waals surface area contributed by atoms with Crippen LogP contribution in [0.3, 0.4) is 0 Å². The Morgan fingerprint density at radius 2 is 1.81 bits per heavy atom. The van der Waals surface area contributed by atoms with E-state index in [-0.39, 0.29) is 13.1 Å². The first-order valence-electron chi connectivity index (χ1n) is 9.95. The van der Waals surface area contributed by atoms with Crippen molar-refractivity contribution in [3.05, 3.63) is 47.7 Å². The SMILES string of the molecule is Cc1cc(C(F)(F)F)ccc1-c1c(-c2nc(C)n3ncnc(N4CC(F)C4)c23)cnn1C. The number of fused-ring (bicyclic) bond motifs is 1. The largest absolute Gasteiger partial charge is 0.416 e. The number of hydrogen-bond donors (Lipinski definition) is 0. The van der Waals surface area contributed by atoms with E-state index in [9.17, 15) is 17.6 Å². The highest BCUT2D eigenvalue weighted by Gasteiger charge is 2.33. The summed E-state index contributed by atoms with van der Waals surface area (Å²) in [7, 11) is 1.72. The summed E-state index contributed by atoms with van der Waals surface area (Å²) in [6.45, 7) is 3.89. The summed E-state index contributed by atoms with van der Waals surface area (Å²) in [5.41, 5.74) is 2.77. The quantitative estimate of drug-likeness (QED) is 0.447. The fourth-order valence-corrected chi connectivity index (χ4v) is 4.11. The summed E-state index contributed by atoms with van der Waals surface area (Å²) < 4.78 is 56.2. The van der Waals surface area contributed by atoms with Crippen molar-refractivity contribution >= 4 is 11.3 Å². The highest BCUT2D eigenvalue weighted by molar-refractivity contribution is 5.92. The molecule has 0 amide bonds. The predicted molar refractivity (Wildman–Crippen MR) is 110 cm³/mol. The second-order valence-electron chi connectivity index (χ2n) is 7.91. The smallest absolute Gasteiger partial charge is 0.349 e. The van der Waals surface area contributed by atoms with Crippen LogP contribution in [-0.4, -0.2) is 48.6 Å². The third-order valence-corrected chi connectivity index (χ3v) is 5.71. The summed E-state index contributed by atoms with van der Waals surface area (Å²) in [5, 5.41) is 8.63. The number of imidazole rings is 1. The molecule has 0 unspecified atom stereocenters.